The van der Waals surface area contributed by atoms with Crippen molar-refractivity contribution in [1.29, 1.82) is 0 Å². The van der Waals surface area contributed by atoms with E-state index in [1.807, 2.05) is 18.2 Å². The highest BCUT2D eigenvalue weighted by atomic mass is 35.5. The van der Waals surface area contributed by atoms with Crippen LogP contribution in [0, 0.1) is 13.8 Å². The maximum atomic E-state index is 6.09. The smallest absolute Gasteiger partial charge is 0.124 e. The maximum Gasteiger partial charge on any atom is 0.124 e. The van der Waals surface area contributed by atoms with Gasteiger partial charge in [-0.2, -0.15) is 0 Å². The SMILES string of the molecule is COc1c(C)cc(-c2ccc(Cl)c(CN)c2)cc1C. The van der Waals surface area contributed by atoms with Gasteiger partial charge in [0.05, 0.1) is 7.11 Å². The summed E-state index contributed by atoms with van der Waals surface area (Å²) in [6.45, 7) is 4.55. The highest BCUT2D eigenvalue weighted by Crippen LogP contribution is 2.31. The van der Waals surface area contributed by atoms with Crippen molar-refractivity contribution in [2.75, 3.05) is 7.11 Å². The predicted octanol–water partition coefficient (Wildman–Crippen LogP) is 4.09. The average Bonchev–Trinajstić information content (AvgIpc) is 2.39. The van der Waals surface area contributed by atoms with Crippen LogP contribution in [0.15, 0.2) is 30.3 Å². The number of methoxy groups -OCH3 is 1. The minimum Gasteiger partial charge on any atom is -0.496 e. The fourth-order valence-electron chi connectivity index (χ4n) is 2.35. The summed E-state index contributed by atoms with van der Waals surface area (Å²) in [7, 11) is 1.70. The second kappa shape index (κ2) is 5.64. The van der Waals surface area contributed by atoms with Gasteiger partial charge in [-0.25, -0.2) is 0 Å². The van der Waals surface area contributed by atoms with Gasteiger partial charge in [0.25, 0.3) is 0 Å². The van der Waals surface area contributed by atoms with Crippen LogP contribution in [0.25, 0.3) is 11.1 Å². The Morgan fingerprint density at radius 3 is 2.21 bits per heavy atom. The first-order chi connectivity index (χ1) is 9.06. The molecule has 0 radical (unpaired) electrons. The van der Waals surface area contributed by atoms with Gasteiger partial charge in [-0.15, -0.1) is 0 Å². The summed E-state index contributed by atoms with van der Waals surface area (Å²) < 4.78 is 5.39. The summed E-state index contributed by atoms with van der Waals surface area (Å²) in [5.41, 5.74) is 11.2. The molecule has 0 fully saturated rings. The van der Waals surface area contributed by atoms with Crippen LogP contribution < -0.4 is 10.5 Å². The van der Waals surface area contributed by atoms with Crippen molar-refractivity contribution in [2.45, 2.75) is 20.4 Å². The highest BCUT2D eigenvalue weighted by Gasteiger charge is 2.08. The van der Waals surface area contributed by atoms with Crippen LogP contribution in [-0.4, -0.2) is 7.11 Å². The number of ether oxygens (including phenoxy) is 1. The van der Waals surface area contributed by atoms with Crippen LogP contribution >= 0.6 is 11.6 Å². The molecule has 0 aliphatic carbocycles. The molecule has 0 aromatic heterocycles. The second-order valence-corrected chi connectivity index (χ2v) is 5.06. The summed E-state index contributed by atoms with van der Waals surface area (Å²) in [6, 6.07) is 10.2. The van der Waals surface area contributed by atoms with Crippen LogP contribution in [0.4, 0.5) is 0 Å². The molecule has 0 heterocycles. The number of hydrogen-bond acceptors (Lipinski definition) is 2. The van der Waals surface area contributed by atoms with Gasteiger partial charge in [-0.1, -0.05) is 17.7 Å². The summed E-state index contributed by atoms with van der Waals surface area (Å²) >= 11 is 6.09. The quantitative estimate of drug-likeness (QED) is 0.916. The van der Waals surface area contributed by atoms with E-state index in [9.17, 15) is 0 Å². The molecule has 2 aromatic rings. The molecule has 100 valence electrons. The molecule has 2 nitrogen and oxygen atoms in total. The average molecular weight is 276 g/mol. The molecule has 0 spiro atoms. The lowest BCUT2D eigenvalue weighted by molar-refractivity contribution is 0.408. The van der Waals surface area contributed by atoms with Crippen molar-refractivity contribution in [2.24, 2.45) is 5.73 Å². The Morgan fingerprint density at radius 2 is 1.68 bits per heavy atom. The van der Waals surface area contributed by atoms with Crippen molar-refractivity contribution in [3.8, 4) is 16.9 Å². The van der Waals surface area contributed by atoms with Crippen LogP contribution in [0.1, 0.15) is 16.7 Å². The Balaban J connectivity index is 2.53. The molecule has 0 aliphatic rings. The zero-order valence-corrected chi connectivity index (χ0v) is 12.2. The first kappa shape index (κ1) is 13.9. The summed E-state index contributed by atoms with van der Waals surface area (Å²) in [6.07, 6.45) is 0. The molecule has 0 saturated carbocycles. The van der Waals surface area contributed by atoms with Crippen molar-refractivity contribution < 1.29 is 4.74 Å². The van der Waals surface area contributed by atoms with E-state index < -0.39 is 0 Å². The van der Waals surface area contributed by atoms with E-state index in [2.05, 4.69) is 26.0 Å². The first-order valence-corrected chi connectivity index (χ1v) is 6.58. The Labute approximate surface area is 119 Å². The Morgan fingerprint density at radius 1 is 1.05 bits per heavy atom. The van der Waals surface area contributed by atoms with E-state index >= 15 is 0 Å². The van der Waals surface area contributed by atoms with Crippen LogP contribution in [0.3, 0.4) is 0 Å². The number of benzene rings is 2. The predicted molar refractivity (Wildman–Crippen MR) is 80.8 cm³/mol. The molecular weight excluding hydrogens is 258 g/mol. The molecule has 19 heavy (non-hydrogen) atoms. The molecule has 0 amide bonds. The Bertz CT molecular complexity index is 585. The van der Waals surface area contributed by atoms with Gasteiger partial charge in [0.2, 0.25) is 0 Å². The third-order valence-electron chi connectivity index (χ3n) is 3.26. The van der Waals surface area contributed by atoms with Crippen molar-refractivity contribution >= 4 is 11.6 Å². The molecule has 2 aromatic carbocycles. The third kappa shape index (κ3) is 2.75. The van der Waals surface area contributed by atoms with Gasteiger partial charge in [0.1, 0.15) is 5.75 Å². The summed E-state index contributed by atoms with van der Waals surface area (Å²) in [4.78, 5) is 0. The van der Waals surface area contributed by atoms with E-state index in [4.69, 9.17) is 22.1 Å². The van der Waals surface area contributed by atoms with Crippen molar-refractivity contribution in [3.63, 3.8) is 0 Å². The largest absolute Gasteiger partial charge is 0.496 e. The molecule has 3 heteroatoms. The van der Waals surface area contributed by atoms with Crippen molar-refractivity contribution in [1.82, 2.24) is 0 Å². The lowest BCUT2D eigenvalue weighted by Gasteiger charge is -2.12. The maximum absolute atomic E-state index is 6.09. The zero-order chi connectivity index (χ0) is 14.0. The molecule has 0 unspecified atom stereocenters. The minimum absolute atomic E-state index is 0.445. The summed E-state index contributed by atoms with van der Waals surface area (Å²) in [5, 5.41) is 0.716. The monoisotopic (exact) mass is 275 g/mol. The van der Waals surface area contributed by atoms with Gasteiger partial charge in [-0.05, 0) is 65.9 Å². The van der Waals surface area contributed by atoms with Crippen LogP contribution in [-0.2, 0) is 6.54 Å². The molecule has 0 saturated heterocycles. The minimum atomic E-state index is 0.445. The molecule has 2 rings (SSSR count). The van der Waals surface area contributed by atoms with Gasteiger partial charge < -0.3 is 10.5 Å². The van der Waals surface area contributed by atoms with Crippen LogP contribution in [0.2, 0.25) is 5.02 Å². The third-order valence-corrected chi connectivity index (χ3v) is 3.63. The highest BCUT2D eigenvalue weighted by molar-refractivity contribution is 6.31. The number of hydrogen-bond donors (Lipinski definition) is 1. The van der Waals surface area contributed by atoms with E-state index in [-0.39, 0.29) is 0 Å². The topological polar surface area (TPSA) is 35.2 Å². The van der Waals surface area contributed by atoms with Crippen LogP contribution in [0.5, 0.6) is 5.75 Å². The molecule has 0 atom stereocenters. The lowest BCUT2D eigenvalue weighted by atomic mass is 9.98. The molecule has 2 N–H and O–H groups in total. The first-order valence-electron chi connectivity index (χ1n) is 6.21. The standard InChI is InChI=1S/C16H18ClNO/c1-10-6-13(7-11(2)16(10)19-3)12-4-5-15(17)14(8-12)9-18/h4-8H,9,18H2,1-3H3. The molecule has 0 aliphatic heterocycles. The lowest BCUT2D eigenvalue weighted by Crippen LogP contribution is -1.98. The fraction of sp³-hybridized carbons (Fsp3) is 0.250. The number of nitrogens with two attached hydrogens (primary N) is 1. The van der Waals surface area contributed by atoms with Gasteiger partial charge >= 0.3 is 0 Å². The number of aryl methyl sites for hydroxylation is 2. The van der Waals surface area contributed by atoms with Gasteiger partial charge in [0.15, 0.2) is 0 Å². The normalized spacial score (nSPS) is 10.6. The van der Waals surface area contributed by atoms with Crippen molar-refractivity contribution in [3.05, 3.63) is 52.0 Å². The van der Waals surface area contributed by atoms with E-state index in [1.165, 1.54) is 0 Å². The number of rotatable bonds is 3. The van der Waals surface area contributed by atoms with E-state index in [0.717, 1.165) is 33.6 Å². The molecular formula is C16H18ClNO. The zero-order valence-electron chi connectivity index (χ0n) is 11.5. The molecule has 0 bridgehead atoms. The fourth-order valence-corrected chi connectivity index (χ4v) is 2.54. The van der Waals surface area contributed by atoms with E-state index in [0.29, 0.717) is 11.6 Å². The summed E-state index contributed by atoms with van der Waals surface area (Å²) in [5.74, 6) is 0.941. The Kier molecular flexibility index (Phi) is 4.13. The number of halogens is 1. The Hall–Kier alpha value is -1.51. The van der Waals surface area contributed by atoms with Gasteiger partial charge in [0, 0.05) is 11.6 Å². The van der Waals surface area contributed by atoms with Gasteiger partial charge in [-0.3, -0.25) is 0 Å². The second-order valence-electron chi connectivity index (χ2n) is 4.65. The van der Waals surface area contributed by atoms with E-state index in [1.54, 1.807) is 7.11 Å².